The second kappa shape index (κ2) is 11.7. The van der Waals surface area contributed by atoms with E-state index in [1.165, 1.54) is 0 Å². The number of carboxylic acids is 1. The molecule has 5 nitrogen and oxygen atoms in total. The van der Waals surface area contributed by atoms with E-state index >= 15 is 0 Å². The van der Waals surface area contributed by atoms with Crippen LogP contribution in [0, 0.1) is 0 Å². The Morgan fingerprint density at radius 2 is 1.74 bits per heavy atom. The average Bonchev–Trinajstić information content (AvgIpc) is 2.76. The Labute approximate surface area is 192 Å². The zero-order valence-electron chi connectivity index (χ0n) is 17.4. The average molecular weight is 456 g/mol. The Morgan fingerprint density at radius 1 is 1.03 bits per heavy atom. The van der Waals surface area contributed by atoms with Crippen LogP contribution in [0.4, 0.5) is 11.5 Å². The van der Waals surface area contributed by atoms with E-state index in [1.54, 1.807) is 6.07 Å². The largest absolute Gasteiger partial charge is 0.480 e. The number of halogens is 1. The van der Waals surface area contributed by atoms with Gasteiger partial charge in [-0.3, -0.25) is 4.79 Å². The molecule has 7 heteroatoms. The van der Waals surface area contributed by atoms with Crippen molar-refractivity contribution in [3.05, 3.63) is 65.8 Å². The molecule has 0 aliphatic carbocycles. The molecular weight excluding hydrogens is 430 g/mol. The van der Waals surface area contributed by atoms with Crippen LogP contribution < -0.4 is 5.32 Å². The van der Waals surface area contributed by atoms with E-state index in [1.807, 2.05) is 42.5 Å². The Balaban J connectivity index is 1.68. The van der Waals surface area contributed by atoms with Crippen LogP contribution in [-0.2, 0) is 4.79 Å². The third-order valence-electron chi connectivity index (χ3n) is 4.78. The Bertz CT molecular complexity index is 984. The first kappa shape index (κ1) is 23.1. The van der Waals surface area contributed by atoms with Gasteiger partial charge in [0, 0.05) is 11.8 Å². The molecule has 0 spiro atoms. The van der Waals surface area contributed by atoms with Gasteiger partial charge in [-0.2, -0.15) is 0 Å². The molecule has 0 unspecified atom stereocenters. The number of rotatable bonds is 11. The summed E-state index contributed by atoms with van der Waals surface area (Å²) in [5.41, 5.74) is 3.13. The molecule has 0 aliphatic heterocycles. The number of benzene rings is 2. The number of aliphatic carboxylic acids is 1. The molecular formula is C24H26ClN3O2S. The minimum absolute atomic E-state index is 0.274. The zero-order chi connectivity index (χ0) is 22.1. The van der Waals surface area contributed by atoms with Crippen molar-refractivity contribution in [2.24, 2.45) is 0 Å². The number of thioether (sulfide) groups is 1. The van der Waals surface area contributed by atoms with E-state index in [0.717, 1.165) is 54.3 Å². The standard InChI is InChI=1S/C24H26ClN3O2S/c1-2-3-4-8-11-20(23(29)30)31-24-27-21(25)16-22(28-24)26-19-14-12-18(13-15-19)17-9-6-5-7-10-17/h5-7,9-10,12-16,20H,2-4,8,11H2,1H3,(H,29,30)(H,26,27,28)/t20-/m0/s1. The van der Waals surface area contributed by atoms with Crippen molar-refractivity contribution >= 4 is 40.8 Å². The molecule has 2 aromatic carbocycles. The highest BCUT2D eigenvalue weighted by Crippen LogP contribution is 2.28. The molecule has 1 atom stereocenters. The summed E-state index contributed by atoms with van der Waals surface area (Å²) in [5, 5.41) is 12.8. The lowest BCUT2D eigenvalue weighted by molar-refractivity contribution is -0.136. The third kappa shape index (κ3) is 7.26. The van der Waals surface area contributed by atoms with Crippen molar-refractivity contribution < 1.29 is 9.90 Å². The van der Waals surface area contributed by atoms with Crippen LogP contribution in [0.2, 0.25) is 5.15 Å². The summed E-state index contributed by atoms with van der Waals surface area (Å²) in [6.45, 7) is 2.13. The normalized spacial score (nSPS) is 11.8. The second-order valence-corrected chi connectivity index (χ2v) is 8.78. The lowest BCUT2D eigenvalue weighted by Crippen LogP contribution is -2.17. The molecule has 31 heavy (non-hydrogen) atoms. The number of hydrogen-bond acceptors (Lipinski definition) is 5. The van der Waals surface area contributed by atoms with Crippen LogP contribution in [-0.4, -0.2) is 26.3 Å². The number of carbonyl (C=O) groups is 1. The van der Waals surface area contributed by atoms with E-state index in [4.69, 9.17) is 11.6 Å². The first-order valence-electron chi connectivity index (χ1n) is 10.4. The van der Waals surface area contributed by atoms with Crippen molar-refractivity contribution in [2.75, 3.05) is 5.32 Å². The van der Waals surface area contributed by atoms with Gasteiger partial charge in [-0.1, -0.05) is 98.4 Å². The van der Waals surface area contributed by atoms with Crippen LogP contribution in [0.3, 0.4) is 0 Å². The SMILES string of the molecule is CCCCCC[C@H](Sc1nc(Cl)cc(Nc2ccc(-c3ccccc3)cc2)n1)C(=O)O. The summed E-state index contributed by atoms with van der Waals surface area (Å²) in [5.74, 6) is -0.318. The number of hydrogen-bond donors (Lipinski definition) is 2. The number of anilines is 2. The predicted octanol–water partition coefficient (Wildman–Crippen LogP) is 7.06. The van der Waals surface area contributed by atoms with Gasteiger partial charge in [-0.05, 0) is 29.7 Å². The maximum absolute atomic E-state index is 11.7. The smallest absolute Gasteiger partial charge is 0.317 e. The molecule has 0 fully saturated rings. The van der Waals surface area contributed by atoms with E-state index in [-0.39, 0.29) is 5.15 Å². The van der Waals surface area contributed by atoms with Crippen LogP contribution >= 0.6 is 23.4 Å². The fraction of sp³-hybridized carbons (Fsp3) is 0.292. The molecule has 2 N–H and O–H groups in total. The summed E-state index contributed by atoms with van der Waals surface area (Å²) >= 11 is 7.33. The molecule has 0 aliphatic rings. The van der Waals surface area contributed by atoms with E-state index in [9.17, 15) is 9.90 Å². The first-order valence-corrected chi connectivity index (χ1v) is 11.7. The van der Waals surface area contributed by atoms with Crippen molar-refractivity contribution in [3.63, 3.8) is 0 Å². The van der Waals surface area contributed by atoms with Crippen molar-refractivity contribution in [3.8, 4) is 11.1 Å². The number of aromatic nitrogens is 2. The van der Waals surface area contributed by atoms with Crippen molar-refractivity contribution in [2.45, 2.75) is 49.4 Å². The Morgan fingerprint density at radius 3 is 2.42 bits per heavy atom. The summed E-state index contributed by atoms with van der Waals surface area (Å²) in [4.78, 5) is 20.3. The molecule has 0 radical (unpaired) electrons. The van der Waals surface area contributed by atoms with Gasteiger partial charge < -0.3 is 10.4 Å². The van der Waals surface area contributed by atoms with Gasteiger partial charge in [0.15, 0.2) is 5.16 Å². The minimum atomic E-state index is -0.851. The molecule has 1 aromatic heterocycles. The monoisotopic (exact) mass is 455 g/mol. The van der Waals surface area contributed by atoms with E-state index < -0.39 is 11.2 Å². The van der Waals surface area contributed by atoms with Gasteiger partial charge in [0.25, 0.3) is 0 Å². The highest BCUT2D eigenvalue weighted by molar-refractivity contribution is 8.00. The summed E-state index contributed by atoms with van der Waals surface area (Å²) in [6.07, 6.45) is 4.71. The number of carboxylic acid groups (broad SMARTS) is 1. The van der Waals surface area contributed by atoms with Crippen LogP contribution in [0.25, 0.3) is 11.1 Å². The molecule has 162 valence electrons. The maximum Gasteiger partial charge on any atom is 0.317 e. The second-order valence-electron chi connectivity index (χ2n) is 7.22. The minimum Gasteiger partial charge on any atom is -0.480 e. The van der Waals surface area contributed by atoms with Gasteiger partial charge in [-0.15, -0.1) is 0 Å². The number of nitrogens with one attached hydrogen (secondary N) is 1. The topological polar surface area (TPSA) is 75.1 Å². The number of nitrogens with zero attached hydrogens (tertiary/aromatic N) is 2. The summed E-state index contributed by atoms with van der Waals surface area (Å²) < 4.78 is 0. The fourth-order valence-corrected chi connectivity index (χ4v) is 4.33. The third-order valence-corrected chi connectivity index (χ3v) is 6.09. The summed E-state index contributed by atoms with van der Waals surface area (Å²) in [6, 6.07) is 19.8. The van der Waals surface area contributed by atoms with Crippen molar-refractivity contribution in [1.29, 1.82) is 0 Å². The molecule has 0 amide bonds. The Kier molecular flexibility index (Phi) is 8.74. The van der Waals surface area contributed by atoms with Gasteiger partial charge in [0.2, 0.25) is 0 Å². The molecule has 3 aromatic rings. The first-order chi connectivity index (χ1) is 15.0. The van der Waals surface area contributed by atoms with Gasteiger partial charge in [-0.25, -0.2) is 9.97 Å². The quantitative estimate of drug-likeness (QED) is 0.139. The Hall–Kier alpha value is -2.57. The van der Waals surface area contributed by atoms with Gasteiger partial charge in [0.05, 0.1) is 0 Å². The molecule has 3 rings (SSSR count). The predicted molar refractivity (Wildman–Crippen MR) is 128 cm³/mol. The highest BCUT2D eigenvalue weighted by atomic mass is 35.5. The zero-order valence-corrected chi connectivity index (χ0v) is 19.0. The van der Waals surface area contributed by atoms with E-state index in [0.29, 0.717) is 17.4 Å². The maximum atomic E-state index is 11.7. The highest BCUT2D eigenvalue weighted by Gasteiger charge is 2.20. The molecule has 0 saturated carbocycles. The lowest BCUT2D eigenvalue weighted by atomic mass is 10.1. The van der Waals surface area contributed by atoms with Gasteiger partial charge >= 0.3 is 5.97 Å². The molecule has 0 bridgehead atoms. The van der Waals surface area contributed by atoms with Crippen LogP contribution in [0.5, 0.6) is 0 Å². The van der Waals surface area contributed by atoms with Gasteiger partial charge in [0.1, 0.15) is 16.2 Å². The lowest BCUT2D eigenvalue weighted by Gasteiger charge is -2.12. The van der Waals surface area contributed by atoms with Crippen LogP contribution in [0.15, 0.2) is 65.8 Å². The van der Waals surface area contributed by atoms with E-state index in [2.05, 4.69) is 34.3 Å². The fourth-order valence-electron chi connectivity index (χ4n) is 3.15. The molecule has 1 heterocycles. The molecule has 0 saturated heterocycles. The summed E-state index contributed by atoms with van der Waals surface area (Å²) in [7, 11) is 0. The van der Waals surface area contributed by atoms with Crippen LogP contribution in [0.1, 0.15) is 39.0 Å². The number of unbranched alkanes of at least 4 members (excludes halogenated alkanes) is 3. The van der Waals surface area contributed by atoms with Crippen molar-refractivity contribution in [1.82, 2.24) is 9.97 Å².